The molecule has 0 bridgehead atoms. The van der Waals surface area contributed by atoms with Gasteiger partial charge in [-0.15, -0.1) is 0 Å². The van der Waals surface area contributed by atoms with Gasteiger partial charge in [0.05, 0.1) is 6.54 Å². The molecule has 5 nitrogen and oxygen atoms in total. The van der Waals surface area contributed by atoms with E-state index >= 15 is 0 Å². The predicted octanol–water partition coefficient (Wildman–Crippen LogP) is 1.17. The number of hydrogen-bond donors (Lipinski definition) is 2. The first kappa shape index (κ1) is 14.1. The molecule has 0 aliphatic rings. The highest BCUT2D eigenvalue weighted by molar-refractivity contribution is 5.92. The molecule has 0 aliphatic heterocycles. The summed E-state index contributed by atoms with van der Waals surface area (Å²) < 4.78 is 12.9. The Bertz CT molecular complexity index is 451. The van der Waals surface area contributed by atoms with Crippen LogP contribution in [0.5, 0.6) is 0 Å². The monoisotopic (exact) mass is 254 g/mol. The van der Waals surface area contributed by atoms with E-state index in [1.807, 2.05) is 0 Å². The first-order valence-electron chi connectivity index (χ1n) is 5.38. The molecule has 0 radical (unpaired) electrons. The molecule has 2 N–H and O–H groups in total. The zero-order chi connectivity index (χ0) is 13.7. The molecule has 1 rings (SSSR count). The molecule has 1 aromatic rings. The number of carboxylic acids is 1. The minimum Gasteiger partial charge on any atom is -0.480 e. The minimum atomic E-state index is -1.00. The topological polar surface area (TPSA) is 69.6 Å². The Labute approximate surface area is 104 Å². The first-order chi connectivity index (χ1) is 8.40. The zero-order valence-corrected chi connectivity index (χ0v) is 10.2. The maximum absolute atomic E-state index is 12.9. The number of aliphatic carboxylic acids is 1. The van der Waals surface area contributed by atoms with Gasteiger partial charge in [-0.05, 0) is 32.2 Å². The third-order valence-electron chi connectivity index (χ3n) is 2.52. The molecule has 1 amide bonds. The molecule has 18 heavy (non-hydrogen) atoms. The largest absolute Gasteiger partial charge is 0.480 e. The summed E-state index contributed by atoms with van der Waals surface area (Å²) in [6, 6.07) is 4.74. The summed E-state index contributed by atoms with van der Waals surface area (Å²) in [4.78, 5) is 23.7. The number of carbonyl (C=O) groups is 2. The van der Waals surface area contributed by atoms with E-state index in [0.717, 1.165) is 0 Å². The Morgan fingerprint density at radius 2 is 2.17 bits per heavy atom. The van der Waals surface area contributed by atoms with Gasteiger partial charge in [0.15, 0.2) is 0 Å². The Balaban J connectivity index is 2.54. The van der Waals surface area contributed by atoms with Crippen LogP contribution in [-0.4, -0.2) is 41.5 Å². The van der Waals surface area contributed by atoms with Gasteiger partial charge in [0.1, 0.15) is 11.9 Å². The molecule has 6 heteroatoms. The quantitative estimate of drug-likeness (QED) is 0.827. The van der Waals surface area contributed by atoms with Crippen molar-refractivity contribution in [1.82, 2.24) is 4.90 Å². The van der Waals surface area contributed by atoms with Crippen LogP contribution in [0.4, 0.5) is 10.1 Å². The van der Waals surface area contributed by atoms with Gasteiger partial charge in [0, 0.05) is 5.69 Å². The van der Waals surface area contributed by atoms with Gasteiger partial charge >= 0.3 is 5.97 Å². The molecule has 0 spiro atoms. The Hall–Kier alpha value is -1.95. The second-order valence-electron chi connectivity index (χ2n) is 3.99. The van der Waals surface area contributed by atoms with Crippen molar-refractivity contribution in [3.8, 4) is 0 Å². The molecule has 1 aromatic carbocycles. The van der Waals surface area contributed by atoms with Gasteiger partial charge in [-0.1, -0.05) is 6.07 Å². The average Bonchev–Trinajstić information content (AvgIpc) is 2.27. The predicted molar refractivity (Wildman–Crippen MR) is 64.8 cm³/mol. The number of halogens is 1. The fraction of sp³-hybridized carbons (Fsp3) is 0.333. The van der Waals surface area contributed by atoms with Crippen molar-refractivity contribution in [2.45, 2.75) is 13.0 Å². The highest BCUT2D eigenvalue weighted by Gasteiger charge is 2.18. The maximum atomic E-state index is 12.9. The van der Waals surface area contributed by atoms with E-state index < -0.39 is 23.7 Å². The zero-order valence-electron chi connectivity index (χ0n) is 10.2. The second kappa shape index (κ2) is 6.11. The Morgan fingerprint density at radius 1 is 1.50 bits per heavy atom. The molecular weight excluding hydrogens is 239 g/mol. The van der Waals surface area contributed by atoms with Crippen molar-refractivity contribution in [1.29, 1.82) is 0 Å². The number of carboxylic acid groups (broad SMARTS) is 1. The van der Waals surface area contributed by atoms with Gasteiger partial charge in [-0.25, -0.2) is 4.39 Å². The third kappa shape index (κ3) is 4.14. The van der Waals surface area contributed by atoms with Gasteiger partial charge in [-0.2, -0.15) is 0 Å². The van der Waals surface area contributed by atoms with E-state index in [9.17, 15) is 14.0 Å². The number of benzene rings is 1. The van der Waals surface area contributed by atoms with Crippen molar-refractivity contribution < 1.29 is 19.1 Å². The minimum absolute atomic E-state index is 0.0794. The summed E-state index contributed by atoms with van der Waals surface area (Å²) in [5.74, 6) is -1.84. The van der Waals surface area contributed by atoms with Crippen molar-refractivity contribution in [2.24, 2.45) is 0 Å². The summed E-state index contributed by atoms with van der Waals surface area (Å²) in [5.41, 5.74) is 0.344. The van der Waals surface area contributed by atoms with Gasteiger partial charge in [0.25, 0.3) is 0 Å². The lowest BCUT2D eigenvalue weighted by Gasteiger charge is -2.20. The molecule has 0 heterocycles. The molecule has 0 saturated heterocycles. The Morgan fingerprint density at radius 3 is 2.72 bits per heavy atom. The summed E-state index contributed by atoms with van der Waals surface area (Å²) in [6.07, 6.45) is 0. The van der Waals surface area contributed by atoms with Crippen LogP contribution < -0.4 is 5.32 Å². The molecule has 0 fully saturated rings. The highest BCUT2D eigenvalue weighted by Crippen LogP contribution is 2.09. The van der Waals surface area contributed by atoms with E-state index in [1.54, 1.807) is 6.07 Å². The molecular formula is C12H15FN2O3. The van der Waals surface area contributed by atoms with Crippen molar-refractivity contribution in [3.05, 3.63) is 30.1 Å². The van der Waals surface area contributed by atoms with Crippen LogP contribution in [0.3, 0.4) is 0 Å². The standard InChI is InChI=1S/C12H15FN2O3/c1-8(12(17)18)15(2)7-11(16)14-10-5-3-4-9(13)6-10/h3-6,8H,7H2,1-2H3,(H,14,16)(H,17,18). The smallest absolute Gasteiger partial charge is 0.320 e. The fourth-order valence-electron chi connectivity index (χ4n) is 1.32. The van der Waals surface area contributed by atoms with Gasteiger partial charge in [0.2, 0.25) is 5.91 Å². The van der Waals surface area contributed by atoms with E-state index in [4.69, 9.17) is 5.11 Å². The molecule has 0 saturated carbocycles. The van der Waals surface area contributed by atoms with Crippen LogP contribution in [0.1, 0.15) is 6.92 Å². The van der Waals surface area contributed by atoms with Gasteiger partial charge < -0.3 is 10.4 Å². The summed E-state index contributed by atoms with van der Waals surface area (Å²) in [5, 5.41) is 11.3. The third-order valence-corrected chi connectivity index (χ3v) is 2.52. The SMILES string of the molecule is CC(C(=O)O)N(C)CC(=O)Nc1cccc(F)c1. The molecule has 0 aliphatic carbocycles. The summed E-state index contributed by atoms with van der Waals surface area (Å²) in [7, 11) is 1.53. The normalized spacial score (nSPS) is 12.2. The summed E-state index contributed by atoms with van der Waals surface area (Å²) >= 11 is 0. The number of amides is 1. The number of carbonyl (C=O) groups excluding carboxylic acids is 1. The number of likely N-dealkylation sites (N-methyl/N-ethyl adjacent to an activating group) is 1. The Kier molecular flexibility index (Phi) is 4.79. The van der Waals surface area contributed by atoms with Gasteiger partial charge in [-0.3, -0.25) is 14.5 Å². The maximum Gasteiger partial charge on any atom is 0.320 e. The van der Waals surface area contributed by atoms with Crippen LogP contribution in [0.15, 0.2) is 24.3 Å². The lowest BCUT2D eigenvalue weighted by Crippen LogP contribution is -2.40. The van der Waals surface area contributed by atoms with E-state index in [0.29, 0.717) is 5.69 Å². The number of nitrogens with zero attached hydrogens (tertiary/aromatic N) is 1. The average molecular weight is 254 g/mol. The molecule has 0 aromatic heterocycles. The van der Waals surface area contributed by atoms with Crippen molar-refractivity contribution in [2.75, 3.05) is 18.9 Å². The van der Waals surface area contributed by atoms with Crippen LogP contribution in [0.2, 0.25) is 0 Å². The molecule has 1 atom stereocenters. The van der Waals surface area contributed by atoms with Crippen LogP contribution in [-0.2, 0) is 9.59 Å². The number of hydrogen-bond acceptors (Lipinski definition) is 3. The molecule has 1 unspecified atom stereocenters. The fourth-order valence-corrected chi connectivity index (χ4v) is 1.32. The lowest BCUT2D eigenvalue weighted by molar-refractivity contribution is -0.142. The van der Waals surface area contributed by atoms with Crippen molar-refractivity contribution >= 4 is 17.6 Å². The first-order valence-corrected chi connectivity index (χ1v) is 5.38. The highest BCUT2D eigenvalue weighted by atomic mass is 19.1. The van der Waals surface area contributed by atoms with Crippen LogP contribution in [0, 0.1) is 5.82 Å². The number of anilines is 1. The van der Waals surface area contributed by atoms with Crippen LogP contribution >= 0.6 is 0 Å². The van der Waals surface area contributed by atoms with Crippen molar-refractivity contribution in [3.63, 3.8) is 0 Å². The molecule has 98 valence electrons. The van der Waals surface area contributed by atoms with E-state index in [2.05, 4.69) is 5.32 Å². The summed E-state index contributed by atoms with van der Waals surface area (Å²) in [6.45, 7) is 1.40. The van der Waals surface area contributed by atoms with E-state index in [1.165, 1.54) is 37.1 Å². The van der Waals surface area contributed by atoms with E-state index in [-0.39, 0.29) is 6.54 Å². The number of nitrogens with one attached hydrogen (secondary N) is 1. The second-order valence-corrected chi connectivity index (χ2v) is 3.99. The van der Waals surface area contributed by atoms with Crippen LogP contribution in [0.25, 0.3) is 0 Å². The lowest BCUT2D eigenvalue weighted by atomic mass is 10.3. The number of rotatable bonds is 5.